The molecule has 6 heteroatoms. The number of fused-ring (bicyclic) bond motifs is 6. The fraction of sp³-hybridized carbons (Fsp3) is 0. The Morgan fingerprint density at radius 2 is 0.891 bits per heavy atom. The van der Waals surface area contributed by atoms with Gasteiger partial charge in [-0.15, -0.1) is 0 Å². The van der Waals surface area contributed by atoms with Gasteiger partial charge in [-0.25, -0.2) is 0 Å². The molecule has 0 amide bonds. The Labute approximate surface area is 263 Å². The van der Waals surface area contributed by atoms with Crippen LogP contribution in [-0.4, -0.2) is 4.57 Å². The SMILES string of the molecule is N#Cc1cccc(C#N)c1-c1cccc2c3cccc(-c4c(C#N)cccc4C#N)c3n(-c3ccc4oc5ccccc5c4c3)c12. The predicted octanol–water partition coefficient (Wildman–Crippen LogP) is 9.50. The maximum absolute atomic E-state index is 10.2. The molecule has 0 radical (unpaired) electrons. The highest BCUT2D eigenvalue weighted by molar-refractivity contribution is 6.18. The number of rotatable bonds is 3. The second kappa shape index (κ2) is 10.3. The lowest BCUT2D eigenvalue weighted by atomic mass is 9.93. The molecule has 0 saturated carbocycles. The molecule has 8 aromatic rings. The van der Waals surface area contributed by atoms with Crippen molar-refractivity contribution in [1.82, 2.24) is 4.57 Å². The normalized spacial score (nSPS) is 11.0. The van der Waals surface area contributed by atoms with Gasteiger partial charge < -0.3 is 8.98 Å². The number of furan rings is 1. The van der Waals surface area contributed by atoms with Crippen molar-refractivity contribution in [2.75, 3.05) is 0 Å². The second-order valence-electron chi connectivity index (χ2n) is 10.9. The molecule has 0 unspecified atom stereocenters. The van der Waals surface area contributed by atoms with E-state index in [1.54, 1.807) is 36.4 Å². The Morgan fingerprint density at radius 3 is 1.41 bits per heavy atom. The van der Waals surface area contributed by atoms with Crippen molar-refractivity contribution >= 4 is 43.7 Å². The first-order valence-corrected chi connectivity index (χ1v) is 14.5. The molecule has 2 aromatic heterocycles. The summed E-state index contributed by atoms with van der Waals surface area (Å²) in [6.45, 7) is 0. The van der Waals surface area contributed by atoms with E-state index in [-0.39, 0.29) is 0 Å². The van der Waals surface area contributed by atoms with E-state index in [0.717, 1.165) is 60.6 Å². The summed E-state index contributed by atoms with van der Waals surface area (Å²) < 4.78 is 8.28. The lowest BCUT2D eigenvalue weighted by molar-refractivity contribution is 0.669. The highest BCUT2D eigenvalue weighted by atomic mass is 16.3. The van der Waals surface area contributed by atoms with Gasteiger partial charge in [0.2, 0.25) is 0 Å². The van der Waals surface area contributed by atoms with Gasteiger partial charge in [-0.1, -0.05) is 66.7 Å². The quantitative estimate of drug-likeness (QED) is 0.205. The van der Waals surface area contributed by atoms with E-state index in [2.05, 4.69) is 34.9 Å². The largest absolute Gasteiger partial charge is 0.456 e. The van der Waals surface area contributed by atoms with Crippen LogP contribution in [0.25, 0.3) is 71.7 Å². The van der Waals surface area contributed by atoms with Crippen LogP contribution in [-0.2, 0) is 0 Å². The topological polar surface area (TPSA) is 113 Å². The van der Waals surface area contributed by atoms with Crippen molar-refractivity contribution in [3.63, 3.8) is 0 Å². The number of hydrogen-bond donors (Lipinski definition) is 0. The van der Waals surface area contributed by atoms with Crippen LogP contribution in [0.3, 0.4) is 0 Å². The van der Waals surface area contributed by atoms with Crippen molar-refractivity contribution in [3.8, 4) is 52.2 Å². The zero-order valence-corrected chi connectivity index (χ0v) is 24.1. The van der Waals surface area contributed by atoms with Crippen LogP contribution in [0, 0.1) is 45.3 Å². The summed E-state index contributed by atoms with van der Waals surface area (Å²) in [6, 6.07) is 45.2. The average molecular weight is 586 g/mol. The fourth-order valence-electron chi connectivity index (χ4n) is 6.69. The van der Waals surface area contributed by atoms with Gasteiger partial charge in [0.1, 0.15) is 11.2 Å². The van der Waals surface area contributed by atoms with Gasteiger partial charge in [0.05, 0.1) is 57.6 Å². The predicted molar refractivity (Wildman–Crippen MR) is 178 cm³/mol. The summed E-state index contributed by atoms with van der Waals surface area (Å²) in [6.07, 6.45) is 0. The third kappa shape index (κ3) is 3.73. The van der Waals surface area contributed by atoms with Gasteiger partial charge in [-0.2, -0.15) is 21.0 Å². The molecule has 0 spiro atoms. The molecule has 0 bridgehead atoms. The number of para-hydroxylation sites is 3. The van der Waals surface area contributed by atoms with Crippen molar-refractivity contribution in [1.29, 1.82) is 21.0 Å². The van der Waals surface area contributed by atoms with Crippen LogP contribution in [0.15, 0.2) is 120 Å². The summed E-state index contributed by atoms with van der Waals surface area (Å²) in [5.74, 6) is 0. The van der Waals surface area contributed by atoms with Gasteiger partial charge >= 0.3 is 0 Å². The molecule has 0 saturated heterocycles. The van der Waals surface area contributed by atoms with E-state index in [4.69, 9.17) is 4.42 Å². The van der Waals surface area contributed by atoms with Gasteiger partial charge in [0.25, 0.3) is 0 Å². The van der Waals surface area contributed by atoms with Crippen molar-refractivity contribution < 1.29 is 4.42 Å². The Kier molecular flexibility index (Phi) is 5.91. The van der Waals surface area contributed by atoms with Crippen LogP contribution >= 0.6 is 0 Å². The smallest absolute Gasteiger partial charge is 0.135 e. The fourth-order valence-corrected chi connectivity index (χ4v) is 6.69. The molecule has 46 heavy (non-hydrogen) atoms. The standard InChI is InChI=1S/C40H19N5O/c41-20-24-7-3-8-25(21-42)37(24)32-14-5-12-30-31-13-6-15-33(38-26(22-43)9-4-10-27(38)23-44)40(31)45(39(30)32)28-17-18-36-34(19-28)29-11-1-2-16-35(29)46-36/h1-19H. The van der Waals surface area contributed by atoms with Crippen LogP contribution < -0.4 is 0 Å². The number of nitrogens with zero attached hydrogens (tertiary/aromatic N) is 5. The lowest BCUT2D eigenvalue weighted by Crippen LogP contribution is -1.99. The number of hydrogen-bond acceptors (Lipinski definition) is 5. The van der Waals surface area contributed by atoms with Gasteiger partial charge in [-0.05, 0) is 48.5 Å². The highest BCUT2D eigenvalue weighted by Crippen LogP contribution is 2.45. The molecule has 0 fully saturated rings. The summed E-state index contributed by atoms with van der Waals surface area (Å²) in [4.78, 5) is 0. The summed E-state index contributed by atoms with van der Waals surface area (Å²) in [5.41, 5.74) is 8.04. The zero-order valence-electron chi connectivity index (χ0n) is 24.1. The first kappa shape index (κ1) is 26.5. The van der Waals surface area contributed by atoms with Crippen LogP contribution in [0.1, 0.15) is 22.3 Å². The molecule has 0 aliphatic heterocycles. The van der Waals surface area contributed by atoms with E-state index < -0.39 is 0 Å². The Hall–Kier alpha value is -7.12. The maximum atomic E-state index is 10.2. The third-order valence-electron chi connectivity index (χ3n) is 8.58. The molecule has 6 nitrogen and oxygen atoms in total. The zero-order chi connectivity index (χ0) is 31.4. The molecule has 210 valence electrons. The summed E-state index contributed by atoms with van der Waals surface area (Å²) in [5, 5.41) is 44.4. The first-order valence-electron chi connectivity index (χ1n) is 14.5. The van der Waals surface area contributed by atoms with E-state index in [9.17, 15) is 21.0 Å². The van der Waals surface area contributed by atoms with E-state index in [1.165, 1.54) is 0 Å². The molecule has 2 heterocycles. The summed E-state index contributed by atoms with van der Waals surface area (Å²) >= 11 is 0. The monoisotopic (exact) mass is 585 g/mol. The van der Waals surface area contributed by atoms with Crippen LogP contribution in [0.2, 0.25) is 0 Å². The van der Waals surface area contributed by atoms with Gasteiger partial charge in [-0.3, -0.25) is 0 Å². The minimum atomic E-state index is 0.390. The molecule has 0 aliphatic carbocycles. The average Bonchev–Trinajstić information content (AvgIpc) is 3.66. The Balaban J connectivity index is 1.61. The van der Waals surface area contributed by atoms with Crippen LogP contribution in [0.4, 0.5) is 0 Å². The number of nitriles is 4. The van der Waals surface area contributed by atoms with Crippen molar-refractivity contribution in [2.24, 2.45) is 0 Å². The third-order valence-corrected chi connectivity index (χ3v) is 8.58. The first-order chi connectivity index (χ1) is 22.7. The minimum Gasteiger partial charge on any atom is -0.456 e. The molecule has 6 aromatic carbocycles. The maximum Gasteiger partial charge on any atom is 0.135 e. The van der Waals surface area contributed by atoms with Gasteiger partial charge in [0, 0.05) is 49.5 Å². The molecule has 0 N–H and O–H groups in total. The Morgan fingerprint density at radius 1 is 0.435 bits per heavy atom. The number of aromatic nitrogens is 1. The van der Waals surface area contributed by atoms with E-state index in [0.29, 0.717) is 33.4 Å². The van der Waals surface area contributed by atoms with Gasteiger partial charge in [0.15, 0.2) is 0 Å². The molecule has 0 atom stereocenters. The van der Waals surface area contributed by atoms with Crippen LogP contribution in [0.5, 0.6) is 0 Å². The van der Waals surface area contributed by atoms with E-state index >= 15 is 0 Å². The summed E-state index contributed by atoms with van der Waals surface area (Å²) in [7, 11) is 0. The van der Waals surface area contributed by atoms with Crippen molar-refractivity contribution in [2.45, 2.75) is 0 Å². The molecule has 0 aliphatic rings. The minimum absolute atomic E-state index is 0.390. The number of benzene rings is 6. The second-order valence-corrected chi connectivity index (χ2v) is 10.9. The lowest BCUT2D eigenvalue weighted by Gasteiger charge is -2.16. The highest BCUT2D eigenvalue weighted by Gasteiger charge is 2.24. The molecular formula is C40H19N5O. The van der Waals surface area contributed by atoms with Crippen molar-refractivity contribution in [3.05, 3.63) is 138 Å². The molecule has 8 rings (SSSR count). The molecular weight excluding hydrogens is 566 g/mol. The Bertz CT molecular complexity index is 2560. The van der Waals surface area contributed by atoms with E-state index in [1.807, 2.05) is 72.8 Å².